The van der Waals surface area contributed by atoms with Gasteiger partial charge in [0.25, 0.3) is 0 Å². The molecule has 0 aromatic rings. The summed E-state index contributed by atoms with van der Waals surface area (Å²) in [4.78, 5) is 0. The molecule has 4 nitrogen and oxygen atoms in total. The van der Waals surface area contributed by atoms with Crippen LogP contribution in [0.4, 0.5) is 0 Å². The van der Waals surface area contributed by atoms with Crippen molar-refractivity contribution in [3.05, 3.63) is 0 Å². The van der Waals surface area contributed by atoms with Crippen LogP contribution in [0.2, 0.25) is 13.1 Å². The van der Waals surface area contributed by atoms with Gasteiger partial charge in [-0.05, 0) is 33.9 Å². The van der Waals surface area contributed by atoms with Crippen molar-refractivity contribution in [3.8, 4) is 0 Å². The van der Waals surface area contributed by atoms with Gasteiger partial charge in [-0.25, -0.2) is 5.06 Å². The fourth-order valence-corrected chi connectivity index (χ4v) is 1.64. The summed E-state index contributed by atoms with van der Waals surface area (Å²) in [6.45, 7) is 9.98. The Morgan fingerprint density at radius 2 is 1.83 bits per heavy atom. The van der Waals surface area contributed by atoms with Crippen LogP contribution in [-0.4, -0.2) is 25.6 Å². The Balaban J connectivity index is 4.35. The van der Waals surface area contributed by atoms with Crippen molar-refractivity contribution >= 4 is 15.0 Å². The molecule has 5 heteroatoms. The summed E-state index contributed by atoms with van der Waals surface area (Å²) in [6, 6.07) is 0. The van der Waals surface area contributed by atoms with Gasteiger partial charge in [-0.3, -0.25) is 5.41 Å². The Bertz CT molecular complexity index is 165. The molecular formula is C7H19N3OSi. The summed E-state index contributed by atoms with van der Waals surface area (Å²) in [7, 11) is -1.18. The molecule has 0 saturated heterocycles. The van der Waals surface area contributed by atoms with Gasteiger partial charge in [-0.15, -0.1) is 0 Å². The van der Waals surface area contributed by atoms with Gasteiger partial charge in [0.05, 0.1) is 5.54 Å². The van der Waals surface area contributed by atoms with Gasteiger partial charge in [0.15, 0.2) is 0 Å². The van der Waals surface area contributed by atoms with E-state index in [9.17, 15) is 0 Å². The maximum absolute atomic E-state index is 7.30. The second-order valence-corrected chi connectivity index (χ2v) is 6.31. The number of hydrogen-bond acceptors (Lipinski definition) is 2. The summed E-state index contributed by atoms with van der Waals surface area (Å²) >= 11 is 0. The fourth-order valence-electron chi connectivity index (χ4n) is 0.787. The zero-order chi connectivity index (χ0) is 9.94. The van der Waals surface area contributed by atoms with Crippen molar-refractivity contribution in [2.75, 3.05) is 0 Å². The predicted molar refractivity (Wildman–Crippen MR) is 53.5 cm³/mol. The van der Waals surface area contributed by atoms with Gasteiger partial charge in [0, 0.05) is 0 Å². The molecule has 3 N–H and O–H groups in total. The lowest BCUT2D eigenvalue weighted by Gasteiger charge is -2.36. The number of nitrogens with two attached hydrogens (primary N) is 1. The summed E-state index contributed by atoms with van der Waals surface area (Å²) < 4.78 is 5.50. The molecular weight excluding hydrogens is 170 g/mol. The number of nitrogens with one attached hydrogen (secondary N) is 1. The minimum absolute atomic E-state index is 0.0244. The van der Waals surface area contributed by atoms with E-state index in [1.165, 1.54) is 5.06 Å². The molecule has 0 amide bonds. The van der Waals surface area contributed by atoms with Crippen molar-refractivity contribution < 1.29 is 4.53 Å². The van der Waals surface area contributed by atoms with E-state index in [0.717, 1.165) is 0 Å². The lowest BCUT2D eigenvalue weighted by atomic mass is 10.1. The molecule has 0 bridgehead atoms. The molecule has 0 saturated carbocycles. The third-order valence-corrected chi connectivity index (χ3v) is 1.78. The SMILES string of the molecule is C[SiH](C)ON(C(=N)N)C(C)(C)C. The first-order valence-electron chi connectivity index (χ1n) is 4.06. The average molecular weight is 189 g/mol. The van der Waals surface area contributed by atoms with E-state index in [2.05, 4.69) is 0 Å². The highest BCUT2D eigenvalue weighted by Gasteiger charge is 2.24. The first kappa shape index (κ1) is 11.4. The maximum Gasteiger partial charge on any atom is 0.212 e. The second kappa shape index (κ2) is 3.91. The van der Waals surface area contributed by atoms with Crippen molar-refractivity contribution in [3.63, 3.8) is 0 Å². The highest BCUT2D eigenvalue weighted by Crippen LogP contribution is 2.13. The average Bonchev–Trinajstić information content (AvgIpc) is 1.79. The van der Waals surface area contributed by atoms with Crippen LogP contribution in [-0.2, 0) is 4.53 Å². The fraction of sp³-hybridized carbons (Fsp3) is 0.857. The normalized spacial score (nSPS) is 11.8. The van der Waals surface area contributed by atoms with Crippen molar-refractivity contribution in [1.29, 1.82) is 5.41 Å². The van der Waals surface area contributed by atoms with Crippen LogP contribution in [0.3, 0.4) is 0 Å². The molecule has 0 radical (unpaired) electrons. The zero-order valence-electron chi connectivity index (χ0n) is 8.51. The first-order chi connectivity index (χ1) is 5.25. The Morgan fingerprint density at radius 1 is 1.42 bits per heavy atom. The Morgan fingerprint density at radius 3 is 1.92 bits per heavy atom. The van der Waals surface area contributed by atoms with Gasteiger partial charge in [-0.2, -0.15) is 0 Å². The predicted octanol–water partition coefficient (Wildman–Crippen LogP) is 0.895. The first-order valence-corrected chi connectivity index (χ1v) is 6.84. The third-order valence-electron chi connectivity index (χ3n) is 1.14. The highest BCUT2D eigenvalue weighted by atomic mass is 28.3. The van der Waals surface area contributed by atoms with Gasteiger partial charge >= 0.3 is 0 Å². The molecule has 0 aliphatic carbocycles. The monoisotopic (exact) mass is 189 g/mol. The smallest absolute Gasteiger partial charge is 0.212 e. The summed E-state index contributed by atoms with van der Waals surface area (Å²) in [5, 5.41) is 8.78. The minimum atomic E-state index is -1.18. The number of hydroxylamine groups is 2. The summed E-state index contributed by atoms with van der Waals surface area (Å²) in [5.41, 5.74) is 5.14. The Kier molecular flexibility index (Phi) is 3.73. The molecule has 0 aromatic heterocycles. The van der Waals surface area contributed by atoms with E-state index in [1.807, 2.05) is 33.9 Å². The maximum atomic E-state index is 7.30. The lowest BCUT2D eigenvalue weighted by molar-refractivity contribution is -0.0597. The van der Waals surface area contributed by atoms with Crippen molar-refractivity contribution in [1.82, 2.24) is 5.06 Å². The van der Waals surface area contributed by atoms with Crippen LogP contribution in [0.1, 0.15) is 20.8 Å². The zero-order valence-corrected chi connectivity index (χ0v) is 9.66. The third kappa shape index (κ3) is 3.73. The lowest BCUT2D eigenvalue weighted by Crippen LogP contribution is -2.50. The molecule has 0 heterocycles. The van der Waals surface area contributed by atoms with Gasteiger partial charge in [0.1, 0.15) is 0 Å². The number of guanidine groups is 1. The van der Waals surface area contributed by atoms with Crippen LogP contribution in [0.25, 0.3) is 0 Å². The van der Waals surface area contributed by atoms with Gasteiger partial charge in [-0.1, -0.05) is 0 Å². The topological polar surface area (TPSA) is 62.3 Å². The van der Waals surface area contributed by atoms with E-state index >= 15 is 0 Å². The van der Waals surface area contributed by atoms with Crippen molar-refractivity contribution in [2.24, 2.45) is 5.73 Å². The molecule has 0 aromatic carbocycles. The molecule has 0 atom stereocenters. The van der Waals surface area contributed by atoms with Crippen LogP contribution in [0.15, 0.2) is 0 Å². The van der Waals surface area contributed by atoms with Crippen molar-refractivity contribution in [2.45, 2.75) is 39.4 Å². The van der Waals surface area contributed by atoms with E-state index < -0.39 is 9.04 Å². The molecule has 0 aliphatic heterocycles. The van der Waals surface area contributed by atoms with Crippen LogP contribution in [0, 0.1) is 5.41 Å². The molecule has 0 rings (SSSR count). The molecule has 72 valence electrons. The standard InChI is InChI=1S/C7H19N3OSi/c1-7(2,3)10(6(8)9)11-12(4)5/h12H,1-5H3,(H3,8,9). The largest absolute Gasteiger partial charge is 0.368 e. The minimum Gasteiger partial charge on any atom is -0.368 e. The number of hydrogen-bond donors (Lipinski definition) is 2. The summed E-state index contributed by atoms with van der Waals surface area (Å²) in [6.07, 6.45) is 0. The molecule has 0 fully saturated rings. The molecule has 12 heavy (non-hydrogen) atoms. The number of nitrogens with zero attached hydrogens (tertiary/aromatic N) is 1. The Labute approximate surface area is 75.9 Å². The highest BCUT2D eigenvalue weighted by molar-refractivity contribution is 6.48. The quantitative estimate of drug-likeness (QED) is 0.293. The van der Waals surface area contributed by atoms with E-state index in [1.54, 1.807) is 0 Å². The molecule has 0 spiro atoms. The molecule has 0 aliphatic rings. The second-order valence-electron chi connectivity index (χ2n) is 4.00. The number of rotatable bonds is 2. The van der Waals surface area contributed by atoms with Crippen LogP contribution < -0.4 is 5.73 Å². The van der Waals surface area contributed by atoms with Gasteiger partial charge in [0.2, 0.25) is 15.0 Å². The van der Waals surface area contributed by atoms with Crippen LogP contribution >= 0.6 is 0 Å². The summed E-state index contributed by atoms with van der Waals surface area (Å²) in [5.74, 6) is -0.0244. The van der Waals surface area contributed by atoms with Gasteiger partial charge < -0.3 is 10.3 Å². The van der Waals surface area contributed by atoms with E-state index in [0.29, 0.717) is 0 Å². The van der Waals surface area contributed by atoms with Crippen LogP contribution in [0.5, 0.6) is 0 Å². The Hall–Kier alpha value is -0.553. The van der Waals surface area contributed by atoms with E-state index in [-0.39, 0.29) is 11.5 Å². The van der Waals surface area contributed by atoms with E-state index in [4.69, 9.17) is 15.7 Å². The molecule has 0 unspecified atom stereocenters.